The average Bonchev–Trinajstić information content (AvgIpc) is 2.78. The zero-order chi connectivity index (χ0) is 17.6. The predicted molar refractivity (Wildman–Crippen MR) is 78.7 cm³/mol. The van der Waals surface area contributed by atoms with E-state index in [2.05, 4.69) is 5.10 Å². The van der Waals surface area contributed by atoms with Crippen molar-refractivity contribution >= 4 is 44.2 Å². The highest BCUT2D eigenvalue weighted by Crippen LogP contribution is 2.46. The van der Waals surface area contributed by atoms with Gasteiger partial charge in [-0.3, -0.25) is 14.1 Å². The van der Waals surface area contributed by atoms with Crippen LogP contribution in [0.5, 0.6) is 0 Å². The summed E-state index contributed by atoms with van der Waals surface area (Å²) in [4.78, 5) is 21.6. The van der Waals surface area contributed by atoms with E-state index in [0.717, 1.165) is 18.2 Å². The number of carbonyl (C=O) groups excluding carboxylic acids is 2. The molecule has 23 heavy (non-hydrogen) atoms. The van der Waals surface area contributed by atoms with Gasteiger partial charge in [0.15, 0.2) is 0 Å². The van der Waals surface area contributed by atoms with Crippen molar-refractivity contribution < 1.29 is 36.2 Å². The fourth-order valence-corrected chi connectivity index (χ4v) is 2.98. The first-order valence-corrected chi connectivity index (χ1v) is 8.68. The van der Waals surface area contributed by atoms with Crippen LogP contribution in [0.1, 0.15) is 6.42 Å². The van der Waals surface area contributed by atoms with Crippen molar-refractivity contribution in [2.75, 3.05) is 5.01 Å². The summed E-state index contributed by atoms with van der Waals surface area (Å²) >= 11 is 0. The van der Waals surface area contributed by atoms with Crippen LogP contribution < -0.4 is 10.7 Å². The fourth-order valence-electron chi connectivity index (χ4n) is 1.81. The summed E-state index contributed by atoms with van der Waals surface area (Å²) in [5, 5.41) is 4.02. The van der Waals surface area contributed by atoms with Gasteiger partial charge < -0.3 is 19.4 Å². The van der Waals surface area contributed by atoms with E-state index in [9.17, 15) is 36.2 Å². The summed E-state index contributed by atoms with van der Waals surface area (Å²) in [7, 11) is -9.03. The molecule has 0 radical (unpaired) electrons. The minimum absolute atomic E-state index is 0.350. The third-order valence-corrected chi connectivity index (χ3v) is 4.60. The molecule has 0 atom stereocenters. The summed E-state index contributed by atoms with van der Waals surface area (Å²) < 4.78 is 59.7. The van der Waals surface area contributed by atoms with Crippen LogP contribution in [-0.4, -0.2) is 44.2 Å². The molecule has 1 aromatic rings. The quantitative estimate of drug-likeness (QED) is 0.463. The molecule has 126 valence electrons. The van der Waals surface area contributed by atoms with Gasteiger partial charge in [-0.2, -0.15) is 18.5 Å². The lowest BCUT2D eigenvalue weighted by Crippen LogP contribution is -2.23. The zero-order valence-electron chi connectivity index (χ0n) is 11.1. The summed E-state index contributed by atoms with van der Waals surface area (Å²) in [5.74, 6) is -1.84. The molecule has 1 heterocycles. The molecule has 0 saturated heterocycles. The SMILES string of the molecule is NC(=O)C1=NN(c2cc(S(O)(O)O)ccc2S(=O)(=O)O)C(=O)C1. The second kappa shape index (κ2) is 5.55. The fraction of sp³-hybridized carbons (Fsp3) is 0.100. The van der Waals surface area contributed by atoms with Crippen LogP contribution in [0.4, 0.5) is 5.69 Å². The highest BCUT2D eigenvalue weighted by Gasteiger charge is 2.33. The van der Waals surface area contributed by atoms with Crippen molar-refractivity contribution in [1.29, 1.82) is 0 Å². The first-order valence-electron chi connectivity index (χ1n) is 5.73. The van der Waals surface area contributed by atoms with Gasteiger partial charge in [0.05, 0.1) is 17.0 Å². The van der Waals surface area contributed by atoms with Crippen molar-refractivity contribution in [3.8, 4) is 0 Å². The molecule has 2 rings (SSSR count). The first kappa shape index (κ1) is 17.3. The Kier molecular flexibility index (Phi) is 4.18. The van der Waals surface area contributed by atoms with E-state index in [1.54, 1.807) is 0 Å². The summed E-state index contributed by atoms with van der Waals surface area (Å²) in [6.45, 7) is 0. The number of anilines is 1. The molecule has 0 fully saturated rings. The van der Waals surface area contributed by atoms with Crippen LogP contribution >= 0.6 is 10.9 Å². The van der Waals surface area contributed by atoms with Crippen molar-refractivity contribution in [1.82, 2.24) is 0 Å². The minimum Gasteiger partial charge on any atom is -0.364 e. The monoisotopic (exact) mass is 365 g/mol. The molecule has 0 aromatic heterocycles. The Morgan fingerprint density at radius 2 is 1.83 bits per heavy atom. The smallest absolute Gasteiger partial charge is 0.296 e. The number of nitrogens with zero attached hydrogens (tertiary/aromatic N) is 2. The van der Waals surface area contributed by atoms with Crippen molar-refractivity contribution in [3.05, 3.63) is 18.2 Å². The molecular formula is C10H11N3O8S2. The normalized spacial score (nSPS) is 16.4. The lowest BCUT2D eigenvalue weighted by Gasteiger charge is -2.22. The van der Waals surface area contributed by atoms with Gasteiger partial charge in [0.25, 0.3) is 21.9 Å². The van der Waals surface area contributed by atoms with Gasteiger partial charge in [-0.15, -0.1) is 0 Å². The number of hydrogen-bond acceptors (Lipinski definition) is 8. The van der Waals surface area contributed by atoms with Crippen LogP contribution in [0.3, 0.4) is 0 Å². The number of nitrogens with two attached hydrogens (primary N) is 1. The van der Waals surface area contributed by atoms with Gasteiger partial charge in [-0.05, 0) is 18.2 Å². The molecular weight excluding hydrogens is 354 g/mol. The van der Waals surface area contributed by atoms with Crippen molar-refractivity contribution in [2.45, 2.75) is 16.2 Å². The highest BCUT2D eigenvalue weighted by atomic mass is 32.3. The van der Waals surface area contributed by atoms with Crippen LogP contribution in [-0.2, 0) is 19.7 Å². The molecule has 2 amide bonds. The Hall–Kier alpha value is -2.03. The topological polar surface area (TPSA) is 191 Å². The standard InChI is InChI=1S/C10H11N3O8S2/c11-10(15)6-4-9(14)13(12-6)7-3-5(22(16,17)18)1-2-8(7)23(19,20)21/h1-3,16-18H,4H2,(H2,11,15)(H,19,20,21). The van der Waals surface area contributed by atoms with Crippen molar-refractivity contribution in [2.24, 2.45) is 10.8 Å². The maximum Gasteiger partial charge on any atom is 0.296 e. The number of hydrazone groups is 1. The zero-order valence-corrected chi connectivity index (χ0v) is 12.8. The Labute approximate surface area is 131 Å². The summed E-state index contributed by atoms with van der Waals surface area (Å²) in [6, 6.07) is 2.32. The van der Waals surface area contributed by atoms with Crippen LogP contribution in [0.15, 0.2) is 33.1 Å². The lowest BCUT2D eigenvalue weighted by molar-refractivity contribution is -0.117. The maximum absolute atomic E-state index is 11.9. The number of hydrogen-bond donors (Lipinski definition) is 5. The van der Waals surface area contributed by atoms with Gasteiger partial charge >= 0.3 is 0 Å². The Morgan fingerprint density at radius 3 is 2.26 bits per heavy atom. The van der Waals surface area contributed by atoms with Crippen molar-refractivity contribution in [3.63, 3.8) is 0 Å². The molecule has 0 unspecified atom stereocenters. The van der Waals surface area contributed by atoms with Gasteiger partial charge in [0.2, 0.25) is 0 Å². The third-order valence-electron chi connectivity index (χ3n) is 2.81. The number of benzene rings is 1. The molecule has 0 aliphatic carbocycles. The lowest BCUT2D eigenvalue weighted by atomic mass is 10.2. The largest absolute Gasteiger partial charge is 0.364 e. The molecule has 11 nitrogen and oxygen atoms in total. The van der Waals surface area contributed by atoms with Gasteiger partial charge in [0, 0.05) is 0 Å². The highest BCUT2D eigenvalue weighted by molar-refractivity contribution is 8.19. The average molecular weight is 365 g/mol. The molecule has 6 N–H and O–H groups in total. The van der Waals surface area contributed by atoms with E-state index in [-0.39, 0.29) is 5.71 Å². The second-order valence-electron chi connectivity index (χ2n) is 4.42. The van der Waals surface area contributed by atoms with E-state index in [1.165, 1.54) is 0 Å². The number of amides is 2. The van der Waals surface area contributed by atoms with Crippen LogP contribution in [0.25, 0.3) is 0 Å². The Morgan fingerprint density at radius 1 is 1.22 bits per heavy atom. The molecule has 1 aliphatic heterocycles. The minimum atomic E-state index is -4.81. The molecule has 0 bridgehead atoms. The summed E-state index contributed by atoms with van der Waals surface area (Å²) in [5.41, 5.74) is 4.07. The van der Waals surface area contributed by atoms with Crippen LogP contribution in [0.2, 0.25) is 0 Å². The molecule has 0 saturated carbocycles. The van der Waals surface area contributed by atoms with Gasteiger partial charge in [-0.25, -0.2) is 0 Å². The Bertz CT molecular complexity index is 827. The Balaban J connectivity index is 2.68. The second-order valence-corrected chi connectivity index (χ2v) is 7.32. The number of rotatable bonds is 4. The molecule has 1 aromatic carbocycles. The molecule has 0 spiro atoms. The first-order chi connectivity index (χ1) is 10.4. The van der Waals surface area contributed by atoms with E-state index in [1.807, 2.05) is 0 Å². The van der Waals surface area contributed by atoms with Gasteiger partial charge in [0.1, 0.15) is 21.5 Å². The predicted octanol–water partition coefficient (Wildman–Crippen LogP) is 0.0938. The number of carbonyl (C=O) groups is 2. The number of primary amides is 1. The molecule has 1 aliphatic rings. The van der Waals surface area contributed by atoms with E-state index < -0.39 is 54.7 Å². The van der Waals surface area contributed by atoms with Crippen LogP contribution in [0, 0.1) is 0 Å². The van der Waals surface area contributed by atoms with E-state index in [0.29, 0.717) is 5.01 Å². The molecule has 13 heteroatoms. The third kappa shape index (κ3) is 3.49. The summed E-state index contributed by atoms with van der Waals surface area (Å²) in [6.07, 6.45) is -0.500. The maximum atomic E-state index is 11.9. The van der Waals surface area contributed by atoms with Gasteiger partial charge in [-0.1, -0.05) is 0 Å². The van der Waals surface area contributed by atoms with E-state index >= 15 is 0 Å². The van der Waals surface area contributed by atoms with E-state index in [4.69, 9.17) is 5.73 Å².